The Balaban J connectivity index is 1.67. The molecule has 32 heavy (non-hydrogen) atoms. The molecule has 0 bridgehead atoms. The highest BCUT2D eigenvalue weighted by Crippen LogP contribution is 2.34. The topological polar surface area (TPSA) is 111 Å². The van der Waals surface area contributed by atoms with Gasteiger partial charge in [0.05, 0.1) is 30.2 Å². The molecule has 170 valence electrons. The van der Waals surface area contributed by atoms with Crippen LogP contribution in [0.3, 0.4) is 0 Å². The van der Waals surface area contributed by atoms with Gasteiger partial charge in [-0.1, -0.05) is 0 Å². The summed E-state index contributed by atoms with van der Waals surface area (Å²) in [6.45, 7) is 7.44. The van der Waals surface area contributed by atoms with Crippen LogP contribution in [0, 0.1) is 19.8 Å². The third-order valence-electron chi connectivity index (χ3n) is 6.37. The van der Waals surface area contributed by atoms with E-state index in [-0.39, 0.29) is 24.1 Å². The van der Waals surface area contributed by atoms with Crippen LogP contribution in [0.5, 0.6) is 5.75 Å². The molecule has 1 unspecified atom stereocenters. The van der Waals surface area contributed by atoms with E-state index in [9.17, 15) is 9.59 Å². The second-order valence-corrected chi connectivity index (χ2v) is 8.29. The minimum Gasteiger partial charge on any atom is -0.496 e. The summed E-state index contributed by atoms with van der Waals surface area (Å²) in [7, 11) is 1.51. The molecule has 1 atom stereocenters. The summed E-state index contributed by atoms with van der Waals surface area (Å²) in [4.78, 5) is 37.1. The number of carbonyl (C=O) groups is 1. The van der Waals surface area contributed by atoms with E-state index in [2.05, 4.69) is 31.8 Å². The van der Waals surface area contributed by atoms with Crippen LogP contribution in [0.25, 0.3) is 11.0 Å². The second kappa shape index (κ2) is 9.12. The highest BCUT2D eigenvalue weighted by molar-refractivity contribution is 6.07. The van der Waals surface area contributed by atoms with Gasteiger partial charge < -0.3 is 24.3 Å². The number of methoxy groups -OCH3 is 1. The molecule has 9 nitrogen and oxygen atoms in total. The van der Waals surface area contributed by atoms with Crippen molar-refractivity contribution < 1.29 is 14.3 Å². The maximum atomic E-state index is 13.3. The lowest BCUT2D eigenvalue weighted by Crippen LogP contribution is -2.28. The van der Waals surface area contributed by atoms with Gasteiger partial charge in [-0.2, -0.15) is 0 Å². The van der Waals surface area contributed by atoms with Crippen LogP contribution in [-0.2, 0) is 11.3 Å². The number of hydrogen-bond donors (Lipinski definition) is 2. The van der Waals surface area contributed by atoms with Crippen LogP contribution >= 0.6 is 0 Å². The van der Waals surface area contributed by atoms with Crippen LogP contribution in [0.2, 0.25) is 0 Å². The van der Waals surface area contributed by atoms with E-state index >= 15 is 0 Å². The van der Waals surface area contributed by atoms with Crippen molar-refractivity contribution in [1.29, 1.82) is 0 Å². The Morgan fingerprint density at radius 1 is 1.38 bits per heavy atom. The van der Waals surface area contributed by atoms with E-state index in [1.165, 1.54) is 13.4 Å². The summed E-state index contributed by atoms with van der Waals surface area (Å²) < 4.78 is 13.0. The molecule has 1 aliphatic heterocycles. The summed E-state index contributed by atoms with van der Waals surface area (Å²) in [6.07, 6.45) is 5.13. The van der Waals surface area contributed by atoms with Gasteiger partial charge in [-0.25, -0.2) is 9.97 Å². The normalized spacial score (nSPS) is 15.6. The number of aromatic amines is 1. The van der Waals surface area contributed by atoms with Crippen LogP contribution in [0.4, 0.5) is 0 Å². The zero-order chi connectivity index (χ0) is 22.8. The van der Waals surface area contributed by atoms with E-state index < -0.39 is 0 Å². The molecule has 0 saturated carbocycles. The molecule has 4 heterocycles. The average molecular weight is 440 g/mol. The van der Waals surface area contributed by atoms with E-state index in [0.717, 1.165) is 37.4 Å². The Labute approximate surface area is 186 Å². The van der Waals surface area contributed by atoms with E-state index in [0.29, 0.717) is 33.9 Å². The highest BCUT2D eigenvalue weighted by atomic mass is 16.5. The number of H-pyrrole nitrogens is 1. The van der Waals surface area contributed by atoms with Crippen LogP contribution < -0.4 is 15.6 Å². The maximum Gasteiger partial charge on any atom is 0.256 e. The van der Waals surface area contributed by atoms with Crippen molar-refractivity contribution in [2.24, 2.45) is 5.92 Å². The zero-order valence-electron chi connectivity index (χ0n) is 18.9. The number of fused-ring (bicyclic) bond motifs is 1. The third-order valence-corrected chi connectivity index (χ3v) is 6.37. The molecule has 1 saturated heterocycles. The first kappa shape index (κ1) is 22.0. The number of nitrogens with one attached hydrogen (secondary N) is 2. The SMILES string of the molecule is COc1cc(C)[nH]c(=O)c1CNC(=O)c1c(C)n(C(C)C2CCOCC2)c2ncncc12. The monoisotopic (exact) mass is 439 g/mol. The largest absolute Gasteiger partial charge is 0.496 e. The summed E-state index contributed by atoms with van der Waals surface area (Å²) in [5.74, 6) is 0.615. The number of amides is 1. The Morgan fingerprint density at radius 3 is 2.84 bits per heavy atom. The first-order valence-corrected chi connectivity index (χ1v) is 10.9. The number of pyridine rings is 1. The predicted molar refractivity (Wildman–Crippen MR) is 120 cm³/mol. The number of carbonyl (C=O) groups excluding carboxylic acids is 1. The quantitative estimate of drug-likeness (QED) is 0.611. The molecule has 2 N–H and O–H groups in total. The Bertz CT molecular complexity index is 1190. The van der Waals surface area contributed by atoms with Crippen molar-refractivity contribution in [3.8, 4) is 5.75 Å². The van der Waals surface area contributed by atoms with Crippen molar-refractivity contribution >= 4 is 16.9 Å². The van der Waals surface area contributed by atoms with Gasteiger partial charge in [-0.3, -0.25) is 9.59 Å². The summed E-state index contributed by atoms with van der Waals surface area (Å²) in [5.41, 5.74) is 2.90. The lowest BCUT2D eigenvalue weighted by molar-refractivity contribution is 0.0516. The fourth-order valence-corrected chi connectivity index (χ4v) is 4.65. The van der Waals surface area contributed by atoms with Crippen LogP contribution in [0.15, 0.2) is 23.4 Å². The minimum absolute atomic E-state index is 0.0486. The molecule has 9 heteroatoms. The Hall–Kier alpha value is -3.20. The zero-order valence-corrected chi connectivity index (χ0v) is 18.9. The van der Waals surface area contributed by atoms with Gasteiger partial charge >= 0.3 is 0 Å². The Kier molecular flexibility index (Phi) is 6.27. The van der Waals surface area contributed by atoms with Crippen LogP contribution in [0.1, 0.15) is 53.1 Å². The van der Waals surface area contributed by atoms with Gasteiger partial charge in [-0.05, 0) is 45.6 Å². The smallest absolute Gasteiger partial charge is 0.256 e. The number of aryl methyl sites for hydroxylation is 1. The van der Waals surface area contributed by atoms with E-state index in [1.807, 2.05) is 6.92 Å². The van der Waals surface area contributed by atoms with Crippen molar-refractivity contribution in [2.45, 2.75) is 46.2 Å². The molecular formula is C23H29N5O4. The average Bonchev–Trinajstić information content (AvgIpc) is 3.09. The van der Waals surface area contributed by atoms with Gasteiger partial charge in [0.1, 0.15) is 17.7 Å². The third kappa shape index (κ3) is 4.00. The standard InChI is InChI=1S/C23H29N5O4/c1-13-9-19(31-4)17(22(29)27-13)11-25-23(30)20-15(3)28(21-18(20)10-24-12-26-21)14(2)16-5-7-32-8-6-16/h9-10,12,14,16H,5-8,11H2,1-4H3,(H,25,30)(H,27,29). The minimum atomic E-state index is -0.280. The van der Waals surface area contributed by atoms with Crippen LogP contribution in [-0.4, -0.2) is 45.7 Å². The lowest BCUT2D eigenvalue weighted by atomic mass is 9.92. The lowest BCUT2D eigenvalue weighted by Gasteiger charge is -2.30. The van der Waals surface area contributed by atoms with Gasteiger partial charge in [-0.15, -0.1) is 0 Å². The second-order valence-electron chi connectivity index (χ2n) is 8.29. The fourth-order valence-electron chi connectivity index (χ4n) is 4.65. The number of ether oxygens (including phenoxy) is 2. The summed E-state index contributed by atoms with van der Waals surface area (Å²) >= 11 is 0. The molecule has 1 aliphatic rings. The molecular weight excluding hydrogens is 410 g/mol. The van der Waals surface area contributed by atoms with Gasteiger partial charge in [0.15, 0.2) is 0 Å². The van der Waals surface area contributed by atoms with Crippen molar-refractivity contribution in [2.75, 3.05) is 20.3 Å². The number of aromatic nitrogens is 4. The predicted octanol–water partition coefficient (Wildman–Crippen LogP) is 2.66. The fraction of sp³-hybridized carbons (Fsp3) is 0.478. The molecule has 0 spiro atoms. The van der Waals surface area contributed by atoms with E-state index in [4.69, 9.17) is 9.47 Å². The number of rotatable bonds is 6. The molecule has 1 amide bonds. The first-order valence-electron chi connectivity index (χ1n) is 10.9. The molecule has 1 fully saturated rings. The molecule has 3 aromatic heterocycles. The molecule has 0 aromatic carbocycles. The number of nitrogens with zero attached hydrogens (tertiary/aromatic N) is 3. The van der Waals surface area contributed by atoms with Crippen molar-refractivity contribution in [1.82, 2.24) is 24.8 Å². The maximum absolute atomic E-state index is 13.3. The molecule has 0 aliphatic carbocycles. The summed E-state index contributed by atoms with van der Waals surface area (Å²) in [5, 5.41) is 3.59. The first-order chi connectivity index (χ1) is 15.4. The Morgan fingerprint density at radius 2 is 2.12 bits per heavy atom. The molecule has 3 aromatic rings. The summed E-state index contributed by atoms with van der Waals surface area (Å²) in [6, 6.07) is 1.90. The number of hydrogen-bond acceptors (Lipinski definition) is 6. The van der Waals surface area contributed by atoms with Gasteiger partial charge in [0.2, 0.25) is 0 Å². The van der Waals surface area contributed by atoms with E-state index in [1.54, 1.807) is 19.2 Å². The molecule has 0 radical (unpaired) electrons. The van der Waals surface area contributed by atoms with Gasteiger partial charge in [0, 0.05) is 36.8 Å². The van der Waals surface area contributed by atoms with Gasteiger partial charge in [0.25, 0.3) is 11.5 Å². The molecule has 4 rings (SSSR count). The highest BCUT2D eigenvalue weighted by Gasteiger charge is 2.28. The van der Waals surface area contributed by atoms with Crippen molar-refractivity contribution in [3.63, 3.8) is 0 Å². The van der Waals surface area contributed by atoms with Crippen molar-refractivity contribution in [3.05, 3.63) is 51.5 Å².